The fraction of sp³-hybridized carbons (Fsp3) is 0.227. The molecular weight excluding hydrogens is 324 g/mol. The minimum absolute atomic E-state index is 0.0477. The molecular formula is C22H22N2O2. The van der Waals surface area contributed by atoms with Crippen LogP contribution in [0.2, 0.25) is 0 Å². The van der Waals surface area contributed by atoms with Crippen molar-refractivity contribution in [1.29, 1.82) is 0 Å². The van der Waals surface area contributed by atoms with Crippen molar-refractivity contribution >= 4 is 11.6 Å². The Labute approximate surface area is 153 Å². The van der Waals surface area contributed by atoms with Crippen LogP contribution in [0.5, 0.6) is 0 Å². The number of hydrogen-bond acceptors (Lipinski definition) is 3. The second-order valence-electron chi connectivity index (χ2n) is 6.59. The number of imidazole rings is 1. The molecule has 0 unspecified atom stereocenters. The molecule has 0 saturated carbocycles. The Kier molecular flexibility index (Phi) is 5.42. The highest BCUT2D eigenvalue weighted by atomic mass is 16.1. The van der Waals surface area contributed by atoms with E-state index in [4.69, 9.17) is 0 Å². The van der Waals surface area contributed by atoms with E-state index in [1.807, 2.05) is 61.5 Å². The van der Waals surface area contributed by atoms with Crippen LogP contribution in [0.4, 0.5) is 0 Å². The van der Waals surface area contributed by atoms with Gasteiger partial charge >= 0.3 is 0 Å². The number of carbonyl (C=O) groups excluding carboxylic acids is 2. The largest absolute Gasteiger partial charge is 0.332 e. The van der Waals surface area contributed by atoms with Crippen molar-refractivity contribution in [2.24, 2.45) is 7.05 Å². The summed E-state index contributed by atoms with van der Waals surface area (Å²) in [4.78, 5) is 29.6. The summed E-state index contributed by atoms with van der Waals surface area (Å²) in [5, 5.41) is 0. The third-order valence-corrected chi connectivity index (χ3v) is 4.58. The van der Waals surface area contributed by atoms with E-state index in [0.717, 1.165) is 11.1 Å². The number of nitrogens with zero attached hydrogens (tertiary/aromatic N) is 2. The smallest absolute Gasteiger partial charge is 0.198 e. The summed E-state index contributed by atoms with van der Waals surface area (Å²) in [7, 11) is 1.80. The lowest BCUT2D eigenvalue weighted by Gasteiger charge is -2.16. The summed E-state index contributed by atoms with van der Waals surface area (Å²) in [5.74, 6) is 0.248. The molecule has 2 aromatic carbocycles. The molecule has 1 heterocycles. The number of carbonyl (C=O) groups is 2. The molecule has 0 aliphatic heterocycles. The minimum atomic E-state index is -0.172. The van der Waals surface area contributed by atoms with Crippen molar-refractivity contribution in [2.75, 3.05) is 0 Å². The van der Waals surface area contributed by atoms with Crippen LogP contribution in [-0.2, 0) is 7.05 Å². The van der Waals surface area contributed by atoms with E-state index in [-0.39, 0.29) is 23.9 Å². The Morgan fingerprint density at radius 1 is 0.962 bits per heavy atom. The van der Waals surface area contributed by atoms with Gasteiger partial charge in [0.1, 0.15) is 0 Å². The van der Waals surface area contributed by atoms with Crippen molar-refractivity contribution in [2.45, 2.75) is 25.7 Å². The number of Topliss-reactive ketones (excluding diaryl/α,β-unsaturated/α-hetero) is 2. The Morgan fingerprint density at radius 3 is 2.23 bits per heavy atom. The van der Waals surface area contributed by atoms with Crippen LogP contribution in [0.3, 0.4) is 0 Å². The average Bonchev–Trinajstić information content (AvgIpc) is 3.08. The van der Waals surface area contributed by atoms with Crippen molar-refractivity contribution in [3.05, 3.63) is 89.5 Å². The normalized spacial score (nSPS) is 11.9. The van der Waals surface area contributed by atoms with E-state index in [1.54, 1.807) is 24.0 Å². The van der Waals surface area contributed by atoms with E-state index >= 15 is 0 Å². The molecule has 1 atom stereocenters. The van der Waals surface area contributed by atoms with Gasteiger partial charge in [-0.2, -0.15) is 0 Å². The minimum Gasteiger partial charge on any atom is -0.332 e. The zero-order chi connectivity index (χ0) is 18.5. The molecule has 0 aliphatic rings. The van der Waals surface area contributed by atoms with Crippen molar-refractivity contribution in [3.8, 4) is 0 Å². The fourth-order valence-electron chi connectivity index (χ4n) is 3.06. The molecule has 0 saturated heterocycles. The molecule has 4 heteroatoms. The van der Waals surface area contributed by atoms with Gasteiger partial charge in [0.25, 0.3) is 0 Å². The van der Waals surface area contributed by atoms with Crippen LogP contribution >= 0.6 is 0 Å². The third kappa shape index (κ3) is 4.14. The van der Waals surface area contributed by atoms with E-state index in [0.29, 0.717) is 17.8 Å². The van der Waals surface area contributed by atoms with E-state index in [2.05, 4.69) is 4.98 Å². The topological polar surface area (TPSA) is 52.0 Å². The summed E-state index contributed by atoms with van der Waals surface area (Å²) in [5.41, 5.74) is 2.79. The van der Waals surface area contributed by atoms with E-state index < -0.39 is 0 Å². The number of rotatable bonds is 7. The van der Waals surface area contributed by atoms with Gasteiger partial charge < -0.3 is 4.57 Å². The standard InChI is InChI=1S/C22H22N2O2/c1-16-8-10-18(11-9-16)20(25)14-19(17-6-4-3-5-7-17)15-21(26)22-23-12-13-24(22)2/h3-13,19H,14-15H2,1-2H3/t19-/m1/s1. The Balaban J connectivity index is 1.82. The zero-order valence-corrected chi connectivity index (χ0v) is 15.1. The molecule has 26 heavy (non-hydrogen) atoms. The first-order valence-corrected chi connectivity index (χ1v) is 8.70. The molecule has 0 fully saturated rings. The summed E-state index contributed by atoms with van der Waals surface area (Å²) < 4.78 is 1.71. The first-order valence-electron chi connectivity index (χ1n) is 8.70. The number of aryl methyl sites for hydroxylation is 2. The van der Waals surface area contributed by atoms with Crippen LogP contribution in [0.25, 0.3) is 0 Å². The molecule has 0 bridgehead atoms. The lowest BCUT2D eigenvalue weighted by atomic mass is 9.87. The van der Waals surface area contributed by atoms with Crippen LogP contribution in [0.1, 0.15) is 50.9 Å². The molecule has 1 aromatic heterocycles. The van der Waals surface area contributed by atoms with Gasteiger partial charge in [-0.3, -0.25) is 9.59 Å². The van der Waals surface area contributed by atoms with Crippen LogP contribution < -0.4 is 0 Å². The van der Waals surface area contributed by atoms with Crippen molar-refractivity contribution in [1.82, 2.24) is 9.55 Å². The monoisotopic (exact) mass is 346 g/mol. The summed E-state index contributed by atoms with van der Waals surface area (Å²) >= 11 is 0. The molecule has 0 N–H and O–H groups in total. The lowest BCUT2D eigenvalue weighted by molar-refractivity contribution is 0.0937. The molecule has 132 valence electrons. The first kappa shape index (κ1) is 17.8. The fourth-order valence-corrected chi connectivity index (χ4v) is 3.06. The molecule has 0 amide bonds. The summed E-state index contributed by atoms with van der Waals surface area (Å²) in [6.45, 7) is 1.99. The van der Waals surface area contributed by atoms with Crippen LogP contribution in [-0.4, -0.2) is 21.1 Å². The zero-order valence-electron chi connectivity index (χ0n) is 15.1. The first-order chi connectivity index (χ1) is 12.5. The highest BCUT2D eigenvalue weighted by Gasteiger charge is 2.22. The van der Waals surface area contributed by atoms with E-state index in [1.165, 1.54) is 0 Å². The summed E-state index contributed by atoms with van der Waals surface area (Å²) in [6, 6.07) is 17.3. The van der Waals surface area contributed by atoms with Crippen molar-refractivity contribution in [3.63, 3.8) is 0 Å². The quantitative estimate of drug-likeness (QED) is 0.597. The van der Waals surface area contributed by atoms with E-state index in [9.17, 15) is 9.59 Å². The Hall–Kier alpha value is -3.01. The highest BCUT2D eigenvalue weighted by Crippen LogP contribution is 2.27. The SMILES string of the molecule is Cc1ccc(C(=O)C[C@H](CC(=O)c2nccn2C)c2ccccc2)cc1. The van der Waals surface area contributed by atoms with Gasteiger partial charge in [0.2, 0.25) is 0 Å². The molecule has 3 aromatic rings. The van der Waals surface area contributed by atoms with Gasteiger partial charge in [0.15, 0.2) is 17.4 Å². The third-order valence-electron chi connectivity index (χ3n) is 4.58. The number of ketones is 2. The van der Waals surface area contributed by atoms with Gasteiger partial charge in [0.05, 0.1) is 0 Å². The maximum Gasteiger partial charge on any atom is 0.198 e. The van der Waals surface area contributed by atoms with Crippen LogP contribution in [0.15, 0.2) is 67.0 Å². The number of hydrogen-bond donors (Lipinski definition) is 0. The molecule has 3 rings (SSSR count). The number of aromatic nitrogens is 2. The Morgan fingerprint density at radius 2 is 1.62 bits per heavy atom. The maximum absolute atomic E-state index is 12.7. The molecule has 0 spiro atoms. The predicted octanol–water partition coefficient (Wildman–Crippen LogP) is 4.36. The van der Waals surface area contributed by atoms with Gasteiger partial charge in [-0.05, 0) is 18.4 Å². The van der Waals surface area contributed by atoms with Gasteiger partial charge in [-0.15, -0.1) is 0 Å². The summed E-state index contributed by atoms with van der Waals surface area (Å²) in [6.07, 6.45) is 3.92. The van der Waals surface area contributed by atoms with Crippen LogP contribution in [0, 0.1) is 6.92 Å². The maximum atomic E-state index is 12.7. The number of benzene rings is 2. The lowest BCUT2D eigenvalue weighted by Crippen LogP contribution is -2.15. The Bertz CT molecular complexity index is 895. The highest BCUT2D eigenvalue weighted by molar-refractivity contribution is 5.98. The van der Waals surface area contributed by atoms with Crippen molar-refractivity contribution < 1.29 is 9.59 Å². The molecule has 0 radical (unpaired) electrons. The second kappa shape index (κ2) is 7.91. The van der Waals surface area contributed by atoms with Gasteiger partial charge in [-0.25, -0.2) is 4.98 Å². The molecule has 0 aliphatic carbocycles. The van der Waals surface area contributed by atoms with Gasteiger partial charge in [-0.1, -0.05) is 60.2 Å². The molecule has 4 nitrogen and oxygen atoms in total. The average molecular weight is 346 g/mol. The van der Waals surface area contributed by atoms with Gasteiger partial charge in [0, 0.05) is 37.8 Å². The second-order valence-corrected chi connectivity index (χ2v) is 6.59. The predicted molar refractivity (Wildman–Crippen MR) is 101 cm³/mol.